The average molecular weight is 176 g/mol. The summed E-state index contributed by atoms with van der Waals surface area (Å²) in [5.74, 6) is 0. The van der Waals surface area contributed by atoms with Crippen LogP contribution in [-0.4, -0.2) is 12.3 Å². The Labute approximate surface area is 66.5 Å². The van der Waals surface area contributed by atoms with Gasteiger partial charge in [0.1, 0.15) is 0 Å². The van der Waals surface area contributed by atoms with E-state index in [1.165, 1.54) is 10.8 Å². The van der Waals surface area contributed by atoms with Gasteiger partial charge in [-0.25, -0.2) is 0 Å². The molecule has 10 heavy (non-hydrogen) atoms. The first-order valence-electron chi connectivity index (χ1n) is 1.92. The smallest absolute Gasteiger partial charge is 0.400 e. The minimum Gasteiger partial charge on any atom is -0.400 e. The van der Waals surface area contributed by atoms with Crippen LogP contribution < -0.4 is 0 Å². The predicted octanol–water partition coefficient (Wildman–Crippen LogP) is 0.255. The molecule has 0 saturated heterocycles. The lowest BCUT2D eigenvalue weighted by molar-refractivity contribution is 0.343. The largest absolute Gasteiger partial charge is 0.661 e. The number of nitrogens with zero attached hydrogens (tertiary/aromatic N) is 2. The van der Waals surface area contributed by atoms with Crippen LogP contribution in [0.4, 0.5) is 0 Å². The zero-order valence-electron chi connectivity index (χ0n) is 4.55. The molecular weight excluding hydrogens is 175 g/mol. The highest BCUT2D eigenvalue weighted by molar-refractivity contribution is 8.01. The van der Waals surface area contributed by atoms with Crippen molar-refractivity contribution in [1.82, 2.24) is 0 Å². The molecule has 0 amide bonds. The molecule has 0 saturated carbocycles. The van der Waals surface area contributed by atoms with E-state index in [-0.39, 0.29) is 0 Å². The molecule has 0 aliphatic carbocycles. The second kappa shape index (κ2) is 6.74. The zero-order chi connectivity index (χ0) is 7.82. The van der Waals surface area contributed by atoms with E-state index in [0.29, 0.717) is 24.1 Å². The first-order valence-corrected chi connectivity index (χ1v) is 3.40. The molecule has 0 aliphatic heterocycles. The Balaban J connectivity index is 3.20. The number of rotatable bonds is 4. The molecule has 0 aromatic heterocycles. The van der Waals surface area contributed by atoms with Crippen LogP contribution in [0.3, 0.4) is 0 Å². The van der Waals surface area contributed by atoms with Gasteiger partial charge in [0.15, 0.2) is 10.8 Å². The van der Waals surface area contributed by atoms with E-state index in [1.807, 2.05) is 0 Å². The number of nitriles is 2. The molecule has 0 aliphatic rings. The summed E-state index contributed by atoms with van der Waals surface area (Å²) in [6.07, 6.45) is 0. The fourth-order valence-electron chi connectivity index (χ4n) is 0.141. The molecule has 1 N–H and O–H groups in total. The van der Waals surface area contributed by atoms with Gasteiger partial charge < -0.3 is 13.2 Å². The van der Waals surface area contributed by atoms with Gasteiger partial charge in [0.05, 0.1) is 24.1 Å². The van der Waals surface area contributed by atoms with Crippen molar-refractivity contribution in [3.05, 3.63) is 0 Å². The monoisotopic (exact) mass is 176 g/mol. The van der Waals surface area contributed by atoms with Crippen LogP contribution in [0.1, 0.15) is 0 Å². The number of thiocyanates is 2. The summed E-state index contributed by atoms with van der Waals surface area (Å²) in [5, 5.41) is 27.4. The zero-order valence-corrected chi connectivity index (χ0v) is 6.18. The molecular formula is C2HBN2O3S2. The first kappa shape index (κ1) is 9.62. The molecule has 0 fully saturated rings. The Morgan fingerprint density at radius 3 is 1.90 bits per heavy atom. The Kier molecular flexibility index (Phi) is 6.49. The average Bonchev–Trinajstić information content (AvgIpc) is 1.97. The summed E-state index contributed by atoms with van der Waals surface area (Å²) >= 11 is 0.749. The van der Waals surface area contributed by atoms with E-state index in [0.717, 1.165) is 0 Å². The van der Waals surface area contributed by atoms with Gasteiger partial charge in [-0.05, 0) is 0 Å². The maximum absolute atomic E-state index is 8.52. The first-order chi connectivity index (χ1) is 4.81. The van der Waals surface area contributed by atoms with E-state index >= 15 is 0 Å². The van der Waals surface area contributed by atoms with Gasteiger partial charge in [-0.1, -0.05) is 0 Å². The van der Waals surface area contributed by atoms with Gasteiger partial charge in [-0.3, -0.25) is 0 Å². The van der Waals surface area contributed by atoms with Crippen LogP contribution in [0.15, 0.2) is 0 Å². The summed E-state index contributed by atoms with van der Waals surface area (Å²) in [6.45, 7) is 0. The maximum Gasteiger partial charge on any atom is 0.661 e. The lowest BCUT2D eigenvalue weighted by Crippen LogP contribution is -2.14. The molecule has 0 aromatic rings. The van der Waals surface area contributed by atoms with Crippen LogP contribution in [-0.2, 0) is 8.20 Å². The normalized spacial score (nSPS) is 7.90. The van der Waals surface area contributed by atoms with E-state index in [2.05, 4.69) is 8.20 Å². The molecule has 52 valence electrons. The van der Waals surface area contributed by atoms with Gasteiger partial charge in [-0.2, -0.15) is 10.5 Å². The number of hydrogen-bond donors (Lipinski definition) is 1. The minimum atomic E-state index is -1.55. The van der Waals surface area contributed by atoms with Crippen LogP contribution in [0.25, 0.3) is 0 Å². The fourth-order valence-corrected chi connectivity index (χ4v) is 0.520. The highest BCUT2D eigenvalue weighted by atomic mass is 32.2. The molecule has 5 nitrogen and oxygen atoms in total. The van der Waals surface area contributed by atoms with Crippen molar-refractivity contribution in [3.8, 4) is 10.8 Å². The van der Waals surface area contributed by atoms with Gasteiger partial charge in [0, 0.05) is 0 Å². The SMILES string of the molecule is N#CSOB(O)OSC#N. The summed E-state index contributed by atoms with van der Waals surface area (Å²) in [7, 11) is -1.55. The van der Waals surface area contributed by atoms with Gasteiger partial charge >= 0.3 is 7.32 Å². The van der Waals surface area contributed by atoms with E-state index in [9.17, 15) is 0 Å². The Morgan fingerprint density at radius 2 is 1.60 bits per heavy atom. The van der Waals surface area contributed by atoms with Crippen molar-refractivity contribution in [2.75, 3.05) is 0 Å². The highest BCUT2D eigenvalue weighted by Crippen LogP contribution is 2.06. The lowest BCUT2D eigenvalue weighted by Gasteiger charge is -1.96. The van der Waals surface area contributed by atoms with Crippen LogP contribution in [0.5, 0.6) is 0 Å². The van der Waals surface area contributed by atoms with E-state index in [4.69, 9.17) is 15.5 Å². The predicted molar refractivity (Wildman–Crippen MR) is 36.6 cm³/mol. The van der Waals surface area contributed by atoms with Crippen LogP contribution in [0.2, 0.25) is 0 Å². The van der Waals surface area contributed by atoms with Crippen molar-refractivity contribution in [2.45, 2.75) is 0 Å². The Bertz CT molecular complexity index is 147. The van der Waals surface area contributed by atoms with Crippen molar-refractivity contribution >= 4 is 31.4 Å². The van der Waals surface area contributed by atoms with Crippen molar-refractivity contribution in [3.63, 3.8) is 0 Å². The summed E-state index contributed by atoms with van der Waals surface area (Å²) in [6, 6.07) is 0. The molecule has 0 spiro atoms. The summed E-state index contributed by atoms with van der Waals surface area (Å²) < 4.78 is 8.42. The molecule has 0 rings (SSSR count). The third-order valence-corrected chi connectivity index (χ3v) is 1.01. The van der Waals surface area contributed by atoms with Gasteiger partial charge in [0.25, 0.3) is 0 Å². The second-order valence-corrected chi connectivity index (χ2v) is 1.93. The van der Waals surface area contributed by atoms with Crippen molar-refractivity contribution < 1.29 is 13.2 Å². The standard InChI is InChI=1S/C2HBN2O3S2/c4-1-9-7-3(6)8-10-2-5/h6H. The minimum absolute atomic E-state index is 0.374. The number of hydrogen-bond acceptors (Lipinski definition) is 7. The van der Waals surface area contributed by atoms with E-state index in [1.54, 1.807) is 0 Å². The summed E-state index contributed by atoms with van der Waals surface area (Å²) in [5.41, 5.74) is 0. The van der Waals surface area contributed by atoms with Crippen molar-refractivity contribution in [1.29, 1.82) is 10.5 Å². The maximum atomic E-state index is 8.52. The third kappa shape index (κ3) is 5.76. The summed E-state index contributed by atoms with van der Waals surface area (Å²) in [4.78, 5) is 0. The molecule has 8 heteroatoms. The molecule has 0 aromatic carbocycles. The quantitative estimate of drug-likeness (QED) is 0.373. The highest BCUT2D eigenvalue weighted by Gasteiger charge is 2.16. The second-order valence-electron chi connectivity index (χ2n) is 0.849. The molecule has 0 atom stereocenters. The molecule has 0 radical (unpaired) electrons. The van der Waals surface area contributed by atoms with E-state index < -0.39 is 7.32 Å². The van der Waals surface area contributed by atoms with Crippen molar-refractivity contribution in [2.24, 2.45) is 0 Å². The topological polar surface area (TPSA) is 86.3 Å². The molecule has 0 heterocycles. The fraction of sp³-hybridized carbons (Fsp3) is 0. The van der Waals surface area contributed by atoms with Crippen LogP contribution >= 0.6 is 24.1 Å². The lowest BCUT2D eigenvalue weighted by atomic mass is 10.3. The van der Waals surface area contributed by atoms with Gasteiger partial charge in [-0.15, -0.1) is 0 Å². The molecule has 0 unspecified atom stereocenters. The molecule has 0 bridgehead atoms. The van der Waals surface area contributed by atoms with Crippen LogP contribution in [0, 0.1) is 21.3 Å². The Morgan fingerprint density at radius 1 is 1.20 bits per heavy atom. The van der Waals surface area contributed by atoms with Gasteiger partial charge in [0.2, 0.25) is 0 Å². The Hall–Kier alpha value is -0.375. The third-order valence-electron chi connectivity index (χ3n) is 0.335.